The van der Waals surface area contributed by atoms with E-state index < -0.39 is 27.1 Å². The Morgan fingerprint density at radius 1 is 1.09 bits per heavy atom. The third-order valence-corrected chi connectivity index (χ3v) is 2.75. The highest BCUT2D eigenvalue weighted by Crippen LogP contribution is 2.23. The molecule has 0 bridgehead atoms. The number of aromatic nitrogens is 1. The van der Waals surface area contributed by atoms with Crippen molar-refractivity contribution in [3.8, 4) is 0 Å². The van der Waals surface area contributed by atoms with Gasteiger partial charge in [0.2, 0.25) is 0 Å². The molecular weight excluding hydrogens is 316 g/mol. The summed E-state index contributed by atoms with van der Waals surface area (Å²) in [6.45, 7) is 0. The van der Waals surface area contributed by atoms with E-state index in [2.05, 4.69) is 10.3 Å². The molecule has 1 aromatic carbocycles. The van der Waals surface area contributed by atoms with E-state index in [0.717, 1.165) is 18.2 Å². The molecule has 0 aliphatic rings. The lowest BCUT2D eigenvalue weighted by Gasteiger charge is -2.04. The third kappa shape index (κ3) is 3.52. The number of pyridine rings is 1. The second kappa shape index (κ2) is 6.14. The van der Waals surface area contributed by atoms with Gasteiger partial charge in [-0.15, -0.1) is 0 Å². The molecule has 0 spiro atoms. The van der Waals surface area contributed by atoms with E-state index in [1.54, 1.807) is 6.07 Å². The van der Waals surface area contributed by atoms with Gasteiger partial charge in [-0.25, -0.2) is 4.98 Å². The van der Waals surface area contributed by atoms with Crippen LogP contribution in [0, 0.1) is 20.2 Å². The molecule has 2 rings (SSSR count). The number of hydrogen-bond donors (Lipinski definition) is 1. The molecule has 9 nitrogen and oxygen atoms in total. The van der Waals surface area contributed by atoms with E-state index in [1.165, 1.54) is 12.1 Å². The lowest BCUT2D eigenvalue weighted by atomic mass is 10.1. The van der Waals surface area contributed by atoms with Gasteiger partial charge in [0.1, 0.15) is 11.0 Å². The maximum atomic E-state index is 12.0. The summed E-state index contributed by atoms with van der Waals surface area (Å²) in [6.07, 6.45) is 0. The minimum absolute atomic E-state index is 0.117. The van der Waals surface area contributed by atoms with Crippen LogP contribution in [-0.2, 0) is 0 Å². The Morgan fingerprint density at radius 2 is 1.68 bits per heavy atom. The molecule has 10 heteroatoms. The zero-order valence-corrected chi connectivity index (χ0v) is 11.5. The van der Waals surface area contributed by atoms with E-state index >= 15 is 0 Å². The quantitative estimate of drug-likeness (QED) is 0.523. The van der Waals surface area contributed by atoms with Crippen LogP contribution >= 0.6 is 11.6 Å². The van der Waals surface area contributed by atoms with Gasteiger partial charge in [-0.2, -0.15) is 0 Å². The van der Waals surface area contributed by atoms with Gasteiger partial charge in [0.25, 0.3) is 17.3 Å². The van der Waals surface area contributed by atoms with Crippen LogP contribution in [0.1, 0.15) is 10.4 Å². The Bertz CT molecular complexity index is 748. The monoisotopic (exact) mass is 322 g/mol. The summed E-state index contributed by atoms with van der Waals surface area (Å²) >= 11 is 5.67. The maximum Gasteiger partial charge on any atom is 0.277 e. The normalized spacial score (nSPS) is 10.0. The smallest absolute Gasteiger partial charge is 0.277 e. The number of carbonyl (C=O) groups is 1. The summed E-state index contributed by atoms with van der Waals surface area (Å²) in [7, 11) is 0. The number of anilines is 1. The molecule has 112 valence electrons. The molecular formula is C12H7ClN4O5. The highest BCUT2D eigenvalue weighted by molar-refractivity contribution is 6.29. The summed E-state index contributed by atoms with van der Waals surface area (Å²) in [5.41, 5.74) is -1.35. The van der Waals surface area contributed by atoms with E-state index in [0.29, 0.717) is 0 Å². The van der Waals surface area contributed by atoms with Crippen LogP contribution in [0.3, 0.4) is 0 Å². The van der Waals surface area contributed by atoms with Crippen molar-refractivity contribution in [1.29, 1.82) is 0 Å². The van der Waals surface area contributed by atoms with Gasteiger partial charge >= 0.3 is 0 Å². The SMILES string of the molecule is O=C(Nc1cccc(Cl)n1)c1cc([N+](=O)[O-])cc([N+](=O)[O-])c1. The fourth-order valence-corrected chi connectivity index (χ4v) is 1.77. The number of nitrogens with one attached hydrogen (secondary N) is 1. The number of carbonyl (C=O) groups excluding carboxylic acids is 1. The lowest BCUT2D eigenvalue weighted by molar-refractivity contribution is -0.394. The Balaban J connectivity index is 2.36. The standard InChI is InChI=1S/C12H7ClN4O5/c13-10-2-1-3-11(14-10)15-12(18)7-4-8(16(19)20)6-9(5-7)17(21)22/h1-6H,(H,14,15,18). The predicted octanol–water partition coefficient (Wildman–Crippen LogP) is 2.80. The summed E-state index contributed by atoms with van der Waals surface area (Å²) in [5, 5.41) is 24.0. The van der Waals surface area contributed by atoms with Crippen molar-refractivity contribution in [2.24, 2.45) is 0 Å². The zero-order chi connectivity index (χ0) is 16.3. The molecule has 1 heterocycles. The summed E-state index contributed by atoms with van der Waals surface area (Å²) in [5.74, 6) is -0.659. The number of halogens is 1. The zero-order valence-electron chi connectivity index (χ0n) is 10.7. The fraction of sp³-hybridized carbons (Fsp3) is 0. The molecule has 0 aliphatic heterocycles. The fourth-order valence-electron chi connectivity index (χ4n) is 1.60. The molecule has 0 saturated carbocycles. The van der Waals surface area contributed by atoms with Gasteiger partial charge in [-0.1, -0.05) is 17.7 Å². The van der Waals surface area contributed by atoms with Gasteiger partial charge < -0.3 is 5.32 Å². The van der Waals surface area contributed by atoms with Crippen molar-refractivity contribution >= 4 is 34.7 Å². The molecule has 22 heavy (non-hydrogen) atoms. The molecule has 1 amide bonds. The van der Waals surface area contributed by atoms with Crippen LogP contribution < -0.4 is 5.32 Å². The first-order valence-electron chi connectivity index (χ1n) is 5.74. The minimum Gasteiger partial charge on any atom is -0.307 e. The number of nitro benzene ring substituents is 2. The first-order valence-corrected chi connectivity index (χ1v) is 6.12. The summed E-state index contributed by atoms with van der Waals surface area (Å²) in [4.78, 5) is 35.8. The van der Waals surface area contributed by atoms with Crippen LogP contribution in [0.4, 0.5) is 17.2 Å². The van der Waals surface area contributed by atoms with E-state index in [1.807, 2.05) is 0 Å². The first-order chi connectivity index (χ1) is 10.4. The van der Waals surface area contributed by atoms with Crippen LogP contribution in [0.15, 0.2) is 36.4 Å². The van der Waals surface area contributed by atoms with E-state index in [-0.39, 0.29) is 16.5 Å². The van der Waals surface area contributed by atoms with Crippen molar-refractivity contribution in [1.82, 2.24) is 4.98 Å². The number of non-ortho nitro benzene ring substituents is 2. The second-order valence-electron chi connectivity index (χ2n) is 4.05. The average molecular weight is 323 g/mol. The summed E-state index contributed by atoms with van der Waals surface area (Å²) < 4.78 is 0. The van der Waals surface area contributed by atoms with Crippen LogP contribution in [0.25, 0.3) is 0 Å². The van der Waals surface area contributed by atoms with Crippen molar-refractivity contribution in [3.63, 3.8) is 0 Å². The predicted molar refractivity (Wildman–Crippen MR) is 77.0 cm³/mol. The number of nitrogens with zero attached hydrogens (tertiary/aromatic N) is 3. The molecule has 0 saturated heterocycles. The number of benzene rings is 1. The van der Waals surface area contributed by atoms with Crippen LogP contribution in [0.2, 0.25) is 5.15 Å². The number of rotatable bonds is 4. The first kappa shape index (κ1) is 15.3. The second-order valence-corrected chi connectivity index (χ2v) is 4.44. The average Bonchev–Trinajstić information content (AvgIpc) is 2.46. The molecule has 2 aromatic rings. The van der Waals surface area contributed by atoms with Crippen molar-refractivity contribution in [3.05, 3.63) is 67.3 Å². The molecule has 0 aliphatic carbocycles. The Labute approximate surface area is 127 Å². The van der Waals surface area contributed by atoms with Gasteiger partial charge in [0.15, 0.2) is 0 Å². The molecule has 1 aromatic heterocycles. The largest absolute Gasteiger partial charge is 0.307 e. The number of amides is 1. The van der Waals surface area contributed by atoms with E-state index in [9.17, 15) is 25.0 Å². The molecule has 0 unspecified atom stereocenters. The van der Waals surface area contributed by atoms with Crippen LogP contribution in [0.5, 0.6) is 0 Å². The van der Waals surface area contributed by atoms with Gasteiger partial charge in [-0.3, -0.25) is 25.0 Å². The van der Waals surface area contributed by atoms with E-state index in [4.69, 9.17) is 11.6 Å². The third-order valence-electron chi connectivity index (χ3n) is 2.54. The molecule has 0 radical (unpaired) electrons. The number of nitro groups is 2. The van der Waals surface area contributed by atoms with Crippen molar-refractivity contribution < 1.29 is 14.6 Å². The topological polar surface area (TPSA) is 128 Å². The van der Waals surface area contributed by atoms with Crippen LogP contribution in [-0.4, -0.2) is 20.7 Å². The summed E-state index contributed by atoms with van der Waals surface area (Å²) in [6, 6.07) is 7.14. The minimum atomic E-state index is -0.818. The Kier molecular flexibility index (Phi) is 4.28. The highest BCUT2D eigenvalue weighted by atomic mass is 35.5. The number of hydrogen-bond acceptors (Lipinski definition) is 6. The molecule has 0 fully saturated rings. The lowest BCUT2D eigenvalue weighted by Crippen LogP contribution is -2.13. The van der Waals surface area contributed by atoms with Crippen molar-refractivity contribution in [2.45, 2.75) is 0 Å². The molecule has 1 N–H and O–H groups in total. The van der Waals surface area contributed by atoms with Gasteiger partial charge in [0.05, 0.1) is 21.5 Å². The van der Waals surface area contributed by atoms with Gasteiger partial charge in [0, 0.05) is 12.1 Å². The van der Waals surface area contributed by atoms with Crippen molar-refractivity contribution in [2.75, 3.05) is 5.32 Å². The highest BCUT2D eigenvalue weighted by Gasteiger charge is 2.20. The Morgan fingerprint density at radius 3 is 2.18 bits per heavy atom. The Hall–Kier alpha value is -3.07. The van der Waals surface area contributed by atoms with Gasteiger partial charge in [-0.05, 0) is 12.1 Å². The maximum absolute atomic E-state index is 12.0. The molecule has 0 atom stereocenters.